The third-order valence-electron chi connectivity index (χ3n) is 5.88. The minimum Gasteiger partial charge on any atom is -0.394 e. The maximum Gasteiger partial charge on any atom is 0.224 e. The Hall–Kier alpha value is -1.35. The molecule has 2 N–H and O–H groups in total. The average molecular weight is 285 g/mol. The van der Waals surface area contributed by atoms with E-state index in [0.717, 1.165) is 38.5 Å². The number of amides is 1. The first-order valence-electron chi connectivity index (χ1n) is 8.25. The molecule has 3 heteroatoms. The monoisotopic (exact) mass is 285 g/mol. The molecule has 3 unspecified atom stereocenters. The normalized spacial score (nSPS) is 32.1. The molecule has 4 rings (SSSR count). The summed E-state index contributed by atoms with van der Waals surface area (Å²) >= 11 is 0. The minimum atomic E-state index is -0.331. The molecule has 3 atom stereocenters. The van der Waals surface area contributed by atoms with Crippen molar-refractivity contribution in [3.8, 4) is 0 Å². The number of aliphatic hydroxyl groups excluding tert-OH is 1. The maximum atomic E-state index is 12.7. The second-order valence-corrected chi connectivity index (χ2v) is 7.09. The summed E-state index contributed by atoms with van der Waals surface area (Å²) in [7, 11) is 0. The lowest BCUT2D eigenvalue weighted by molar-refractivity contribution is -0.125. The van der Waals surface area contributed by atoms with Gasteiger partial charge in [-0.1, -0.05) is 37.1 Å². The van der Waals surface area contributed by atoms with Crippen molar-refractivity contribution in [2.45, 2.75) is 50.0 Å². The van der Waals surface area contributed by atoms with Crippen LogP contribution in [-0.2, 0) is 11.2 Å². The van der Waals surface area contributed by atoms with Gasteiger partial charge < -0.3 is 10.4 Å². The van der Waals surface area contributed by atoms with Gasteiger partial charge in [0.1, 0.15) is 0 Å². The van der Waals surface area contributed by atoms with Crippen molar-refractivity contribution in [1.82, 2.24) is 5.32 Å². The molecule has 112 valence electrons. The topological polar surface area (TPSA) is 49.3 Å². The Morgan fingerprint density at radius 3 is 2.81 bits per heavy atom. The number of hydrogen-bond acceptors (Lipinski definition) is 2. The molecule has 3 nitrogen and oxygen atoms in total. The zero-order valence-electron chi connectivity index (χ0n) is 12.3. The van der Waals surface area contributed by atoms with Gasteiger partial charge in [0.25, 0.3) is 0 Å². The number of carbonyl (C=O) groups is 1. The van der Waals surface area contributed by atoms with E-state index < -0.39 is 0 Å². The van der Waals surface area contributed by atoms with Gasteiger partial charge in [-0.15, -0.1) is 0 Å². The number of aliphatic hydroxyl groups is 1. The summed E-state index contributed by atoms with van der Waals surface area (Å²) < 4.78 is 0. The molecule has 0 radical (unpaired) electrons. The van der Waals surface area contributed by atoms with E-state index in [0.29, 0.717) is 11.8 Å². The van der Waals surface area contributed by atoms with E-state index in [4.69, 9.17) is 0 Å². The summed E-state index contributed by atoms with van der Waals surface area (Å²) in [5.41, 5.74) is 2.48. The molecule has 0 heterocycles. The van der Waals surface area contributed by atoms with Gasteiger partial charge in [0.2, 0.25) is 5.91 Å². The largest absolute Gasteiger partial charge is 0.394 e. The predicted molar refractivity (Wildman–Crippen MR) is 80.9 cm³/mol. The van der Waals surface area contributed by atoms with Crippen LogP contribution in [-0.4, -0.2) is 23.2 Å². The molecular weight excluding hydrogens is 262 g/mol. The summed E-state index contributed by atoms with van der Waals surface area (Å²) in [6.07, 6.45) is 6.31. The molecule has 1 aromatic carbocycles. The van der Waals surface area contributed by atoms with Gasteiger partial charge in [-0.05, 0) is 48.6 Å². The Morgan fingerprint density at radius 2 is 2.05 bits per heavy atom. The Labute approximate surface area is 125 Å². The van der Waals surface area contributed by atoms with E-state index in [1.807, 2.05) is 0 Å². The van der Waals surface area contributed by atoms with E-state index in [9.17, 15) is 9.90 Å². The van der Waals surface area contributed by atoms with Crippen molar-refractivity contribution in [3.05, 3.63) is 35.4 Å². The van der Waals surface area contributed by atoms with Crippen LogP contribution in [0.4, 0.5) is 0 Å². The predicted octanol–water partition coefficient (Wildman–Crippen LogP) is 2.38. The van der Waals surface area contributed by atoms with Crippen LogP contribution < -0.4 is 5.32 Å². The number of hydrogen-bond donors (Lipinski definition) is 2. The molecule has 3 aliphatic carbocycles. The fraction of sp³-hybridized carbons (Fsp3) is 0.611. The molecule has 0 aromatic heterocycles. The standard InChI is InChI=1S/C18H23NO2/c20-11-18(9-3-4-10-18)19-17(21)16-14-8-7-12-5-1-2-6-13(12)15(14)16/h1-2,5-6,14-16,20H,3-4,7-11H2,(H,19,21). The molecule has 1 amide bonds. The van der Waals surface area contributed by atoms with Crippen LogP contribution in [0.15, 0.2) is 24.3 Å². The number of carbonyl (C=O) groups excluding carboxylic acids is 1. The molecule has 1 aromatic rings. The molecule has 2 fully saturated rings. The van der Waals surface area contributed by atoms with Gasteiger partial charge in [0, 0.05) is 5.92 Å². The fourth-order valence-corrected chi connectivity index (χ4v) is 4.64. The first-order valence-corrected chi connectivity index (χ1v) is 8.25. The molecular formula is C18H23NO2. The highest BCUT2D eigenvalue weighted by molar-refractivity contribution is 5.84. The summed E-state index contributed by atoms with van der Waals surface area (Å²) in [5.74, 6) is 1.26. The lowest BCUT2D eigenvalue weighted by Crippen LogP contribution is -2.50. The van der Waals surface area contributed by atoms with Crippen LogP contribution in [0.25, 0.3) is 0 Å². The van der Waals surface area contributed by atoms with Crippen molar-refractivity contribution < 1.29 is 9.90 Å². The highest BCUT2D eigenvalue weighted by Crippen LogP contribution is 2.60. The van der Waals surface area contributed by atoms with Crippen LogP contribution in [0.3, 0.4) is 0 Å². The molecule has 0 spiro atoms. The Morgan fingerprint density at radius 1 is 1.29 bits per heavy atom. The van der Waals surface area contributed by atoms with Crippen molar-refractivity contribution in [3.63, 3.8) is 0 Å². The highest BCUT2D eigenvalue weighted by Gasteiger charge is 2.57. The molecule has 0 aliphatic heterocycles. The van der Waals surface area contributed by atoms with Crippen molar-refractivity contribution >= 4 is 5.91 Å². The van der Waals surface area contributed by atoms with E-state index in [1.165, 1.54) is 11.1 Å². The van der Waals surface area contributed by atoms with E-state index in [1.54, 1.807) is 0 Å². The van der Waals surface area contributed by atoms with Crippen molar-refractivity contribution in [2.24, 2.45) is 11.8 Å². The second kappa shape index (κ2) is 4.84. The molecule has 3 aliphatic rings. The maximum absolute atomic E-state index is 12.7. The SMILES string of the molecule is O=C(NC1(CO)CCCC1)C1C2CCc3ccccc3C21. The zero-order valence-corrected chi connectivity index (χ0v) is 12.3. The number of benzene rings is 1. The number of rotatable bonds is 3. The van der Waals surface area contributed by atoms with Crippen molar-refractivity contribution in [2.75, 3.05) is 6.61 Å². The Balaban J connectivity index is 1.51. The number of aryl methyl sites for hydroxylation is 1. The van der Waals surface area contributed by atoms with Gasteiger partial charge in [-0.3, -0.25) is 4.79 Å². The summed E-state index contributed by atoms with van der Waals surface area (Å²) in [5, 5.41) is 12.9. The number of nitrogens with one attached hydrogen (secondary N) is 1. The average Bonchev–Trinajstić information content (AvgIpc) is 3.10. The first kappa shape index (κ1) is 13.3. The van der Waals surface area contributed by atoms with Gasteiger partial charge >= 0.3 is 0 Å². The summed E-state index contributed by atoms with van der Waals surface area (Å²) in [6.45, 7) is 0.0807. The molecule has 2 saturated carbocycles. The smallest absolute Gasteiger partial charge is 0.224 e. The van der Waals surface area contributed by atoms with Gasteiger partial charge in [-0.2, -0.15) is 0 Å². The first-order chi connectivity index (χ1) is 10.2. The summed E-state index contributed by atoms with van der Waals surface area (Å²) in [4.78, 5) is 12.7. The van der Waals surface area contributed by atoms with Gasteiger partial charge in [-0.25, -0.2) is 0 Å². The molecule has 21 heavy (non-hydrogen) atoms. The Bertz CT molecular complexity index is 562. The molecule has 0 saturated heterocycles. The van der Waals surface area contributed by atoms with E-state index >= 15 is 0 Å². The summed E-state index contributed by atoms with van der Waals surface area (Å²) in [6, 6.07) is 8.57. The quantitative estimate of drug-likeness (QED) is 0.896. The zero-order chi connectivity index (χ0) is 14.4. The van der Waals surface area contributed by atoms with Crippen LogP contribution in [0, 0.1) is 11.8 Å². The minimum absolute atomic E-state index is 0.0807. The lowest BCUT2D eigenvalue weighted by Gasteiger charge is -2.28. The fourth-order valence-electron chi connectivity index (χ4n) is 4.64. The van der Waals surface area contributed by atoms with Gasteiger partial charge in [0.05, 0.1) is 12.1 Å². The third kappa shape index (κ3) is 2.10. The van der Waals surface area contributed by atoms with E-state index in [2.05, 4.69) is 29.6 Å². The van der Waals surface area contributed by atoms with Gasteiger partial charge in [0.15, 0.2) is 0 Å². The highest BCUT2D eigenvalue weighted by atomic mass is 16.3. The second-order valence-electron chi connectivity index (χ2n) is 7.09. The molecule has 0 bridgehead atoms. The third-order valence-corrected chi connectivity index (χ3v) is 5.88. The van der Waals surface area contributed by atoms with Crippen molar-refractivity contribution in [1.29, 1.82) is 0 Å². The number of fused-ring (bicyclic) bond motifs is 3. The lowest BCUT2D eigenvalue weighted by atomic mass is 9.92. The van der Waals surface area contributed by atoms with Crippen LogP contribution in [0.5, 0.6) is 0 Å². The van der Waals surface area contributed by atoms with E-state index in [-0.39, 0.29) is 24.0 Å². The van der Waals surface area contributed by atoms with Crippen LogP contribution in [0.1, 0.15) is 49.1 Å². The van der Waals surface area contributed by atoms with Crippen LogP contribution >= 0.6 is 0 Å². The Kier molecular flexibility index (Phi) is 3.07. The van der Waals surface area contributed by atoms with Crippen LogP contribution in [0.2, 0.25) is 0 Å².